The molecule has 140 valence electrons. The summed E-state index contributed by atoms with van der Waals surface area (Å²) in [6, 6.07) is 11.9. The van der Waals surface area contributed by atoms with E-state index in [4.69, 9.17) is 14.2 Å². The second-order valence-corrected chi connectivity index (χ2v) is 6.24. The number of aromatic nitrogens is 1. The van der Waals surface area contributed by atoms with Gasteiger partial charge in [-0.2, -0.15) is 0 Å². The summed E-state index contributed by atoms with van der Waals surface area (Å²) >= 11 is 1.42. The molecule has 9 heteroatoms. The van der Waals surface area contributed by atoms with Crippen LogP contribution in [0.15, 0.2) is 47.8 Å². The van der Waals surface area contributed by atoms with E-state index in [2.05, 4.69) is 10.3 Å². The van der Waals surface area contributed by atoms with Crippen molar-refractivity contribution in [2.45, 2.75) is 6.61 Å². The number of ether oxygens (including phenoxy) is 3. The number of hydrogen-bond acceptors (Lipinski definition) is 8. The lowest BCUT2D eigenvalue weighted by molar-refractivity contribution is -0.386. The summed E-state index contributed by atoms with van der Waals surface area (Å²) in [5.41, 5.74) is 1.39. The molecule has 0 radical (unpaired) electrons. The minimum absolute atomic E-state index is 0.119. The summed E-state index contributed by atoms with van der Waals surface area (Å²) in [5.74, 6) is 1.34. The highest BCUT2D eigenvalue weighted by molar-refractivity contribution is 7.13. The molecule has 0 aliphatic rings. The fraction of sp³-hybridized carbons (Fsp3) is 0.167. The molecule has 8 nitrogen and oxygen atoms in total. The molecule has 0 unspecified atom stereocenters. The SMILES string of the molecule is COc1ccc(Nc2nc(COc3ccc(OC)cc3[N+](=O)[O-])cs2)cc1. The average Bonchev–Trinajstić information content (AvgIpc) is 3.14. The van der Waals surface area contributed by atoms with E-state index in [1.54, 1.807) is 13.2 Å². The van der Waals surface area contributed by atoms with Crippen molar-refractivity contribution in [1.29, 1.82) is 0 Å². The van der Waals surface area contributed by atoms with E-state index in [9.17, 15) is 10.1 Å². The summed E-state index contributed by atoms with van der Waals surface area (Å²) in [4.78, 5) is 15.1. The highest BCUT2D eigenvalue weighted by Crippen LogP contribution is 2.32. The van der Waals surface area contributed by atoms with Gasteiger partial charge in [0.2, 0.25) is 0 Å². The van der Waals surface area contributed by atoms with Crippen LogP contribution in [-0.2, 0) is 6.61 Å². The highest BCUT2D eigenvalue weighted by Gasteiger charge is 2.17. The Bertz CT molecular complexity index is 927. The Kier molecular flexibility index (Phi) is 5.72. The number of nitrogens with zero attached hydrogens (tertiary/aromatic N) is 2. The third-order valence-electron chi connectivity index (χ3n) is 3.63. The fourth-order valence-corrected chi connectivity index (χ4v) is 2.98. The number of benzene rings is 2. The van der Waals surface area contributed by atoms with Crippen LogP contribution in [0.25, 0.3) is 0 Å². The van der Waals surface area contributed by atoms with Gasteiger partial charge in [0.15, 0.2) is 10.9 Å². The molecule has 0 aliphatic heterocycles. The Morgan fingerprint density at radius 1 is 1.11 bits per heavy atom. The Hall–Kier alpha value is -3.33. The maximum atomic E-state index is 11.2. The normalized spacial score (nSPS) is 10.3. The van der Waals surface area contributed by atoms with Crippen LogP contribution < -0.4 is 19.5 Å². The van der Waals surface area contributed by atoms with Crippen molar-refractivity contribution < 1.29 is 19.1 Å². The van der Waals surface area contributed by atoms with Gasteiger partial charge in [-0.15, -0.1) is 11.3 Å². The first-order chi connectivity index (χ1) is 13.1. The Labute approximate surface area is 159 Å². The molecule has 3 aromatic rings. The zero-order chi connectivity index (χ0) is 19.2. The zero-order valence-corrected chi connectivity index (χ0v) is 15.5. The maximum absolute atomic E-state index is 11.2. The van der Waals surface area contributed by atoms with Gasteiger partial charge >= 0.3 is 5.69 Å². The van der Waals surface area contributed by atoms with Gasteiger partial charge in [-0.25, -0.2) is 4.98 Å². The first-order valence-corrected chi connectivity index (χ1v) is 8.77. The van der Waals surface area contributed by atoms with E-state index in [0.29, 0.717) is 16.6 Å². The molecule has 0 saturated carbocycles. The number of rotatable bonds is 8. The number of nitro groups is 1. The topological polar surface area (TPSA) is 95.8 Å². The molecule has 0 bridgehead atoms. The van der Waals surface area contributed by atoms with Crippen molar-refractivity contribution in [2.24, 2.45) is 0 Å². The minimum Gasteiger partial charge on any atom is -0.497 e. The van der Waals surface area contributed by atoms with Crippen LogP contribution in [0.2, 0.25) is 0 Å². The van der Waals surface area contributed by atoms with Crippen molar-refractivity contribution in [2.75, 3.05) is 19.5 Å². The van der Waals surface area contributed by atoms with Gasteiger partial charge in [-0.05, 0) is 36.4 Å². The fourth-order valence-electron chi connectivity index (χ4n) is 2.27. The molecule has 0 aliphatic carbocycles. The number of nitro benzene ring substituents is 1. The second kappa shape index (κ2) is 8.37. The maximum Gasteiger partial charge on any atom is 0.314 e. The molecule has 1 heterocycles. The van der Waals surface area contributed by atoms with Gasteiger partial charge in [-0.3, -0.25) is 10.1 Å². The second-order valence-electron chi connectivity index (χ2n) is 5.38. The van der Waals surface area contributed by atoms with Crippen molar-refractivity contribution in [3.63, 3.8) is 0 Å². The van der Waals surface area contributed by atoms with Crippen molar-refractivity contribution in [1.82, 2.24) is 4.98 Å². The monoisotopic (exact) mass is 387 g/mol. The lowest BCUT2D eigenvalue weighted by atomic mass is 10.3. The van der Waals surface area contributed by atoms with Crippen LogP contribution in [0, 0.1) is 10.1 Å². The molecule has 1 N–H and O–H groups in total. The first kappa shape index (κ1) is 18.5. The number of anilines is 2. The van der Waals surface area contributed by atoms with Crippen molar-refractivity contribution >= 4 is 27.8 Å². The zero-order valence-electron chi connectivity index (χ0n) is 14.7. The molecule has 0 saturated heterocycles. The lowest BCUT2D eigenvalue weighted by Crippen LogP contribution is -2.00. The molecule has 1 aromatic heterocycles. The summed E-state index contributed by atoms with van der Waals surface area (Å²) < 4.78 is 15.7. The summed E-state index contributed by atoms with van der Waals surface area (Å²) in [5, 5.41) is 16.9. The largest absolute Gasteiger partial charge is 0.497 e. The minimum atomic E-state index is -0.504. The first-order valence-electron chi connectivity index (χ1n) is 7.89. The molecule has 0 amide bonds. The van der Waals surface area contributed by atoms with Crippen molar-refractivity contribution in [3.05, 3.63) is 63.7 Å². The molecular formula is C18H17N3O5S. The molecule has 27 heavy (non-hydrogen) atoms. The van der Waals surface area contributed by atoms with E-state index in [-0.39, 0.29) is 18.0 Å². The Morgan fingerprint density at radius 2 is 1.81 bits per heavy atom. The van der Waals surface area contributed by atoms with Gasteiger partial charge in [0, 0.05) is 11.1 Å². The Balaban J connectivity index is 1.65. The van der Waals surface area contributed by atoms with Crippen LogP contribution in [0.1, 0.15) is 5.69 Å². The van der Waals surface area contributed by atoms with E-state index < -0.39 is 4.92 Å². The summed E-state index contributed by atoms with van der Waals surface area (Å²) in [7, 11) is 3.06. The van der Waals surface area contributed by atoms with E-state index >= 15 is 0 Å². The summed E-state index contributed by atoms with van der Waals surface area (Å²) in [6.45, 7) is 0.119. The number of methoxy groups -OCH3 is 2. The van der Waals surface area contributed by atoms with Crippen LogP contribution >= 0.6 is 11.3 Å². The summed E-state index contributed by atoms with van der Waals surface area (Å²) in [6.07, 6.45) is 0. The van der Waals surface area contributed by atoms with Crippen LogP contribution in [-0.4, -0.2) is 24.1 Å². The predicted octanol–water partition coefficient (Wildman–Crippen LogP) is 4.39. The van der Waals surface area contributed by atoms with E-state index in [1.165, 1.54) is 30.6 Å². The van der Waals surface area contributed by atoms with Gasteiger partial charge in [0.25, 0.3) is 0 Å². The molecule has 0 spiro atoms. The highest BCUT2D eigenvalue weighted by atomic mass is 32.1. The molecule has 0 atom stereocenters. The molecule has 0 fully saturated rings. The van der Waals surface area contributed by atoms with Crippen LogP contribution in [0.4, 0.5) is 16.5 Å². The third-order valence-corrected chi connectivity index (χ3v) is 4.44. The Morgan fingerprint density at radius 3 is 2.48 bits per heavy atom. The molecule has 2 aromatic carbocycles. The van der Waals surface area contributed by atoms with Gasteiger partial charge in [0.05, 0.1) is 30.9 Å². The van der Waals surface area contributed by atoms with Gasteiger partial charge in [-0.1, -0.05) is 0 Å². The predicted molar refractivity (Wildman–Crippen MR) is 102 cm³/mol. The third kappa shape index (κ3) is 4.64. The number of nitrogens with one attached hydrogen (secondary N) is 1. The standard InChI is InChI=1S/C18H17N3O5S/c1-24-14-5-3-12(4-6-14)19-18-20-13(11-27-18)10-26-17-8-7-15(25-2)9-16(17)21(22)23/h3-9,11H,10H2,1-2H3,(H,19,20). The van der Waals surface area contributed by atoms with Gasteiger partial charge in [0.1, 0.15) is 18.1 Å². The average molecular weight is 387 g/mol. The van der Waals surface area contributed by atoms with Crippen molar-refractivity contribution in [3.8, 4) is 17.2 Å². The molecular weight excluding hydrogens is 370 g/mol. The lowest BCUT2D eigenvalue weighted by Gasteiger charge is -2.07. The van der Waals surface area contributed by atoms with Crippen LogP contribution in [0.3, 0.4) is 0 Å². The quantitative estimate of drug-likeness (QED) is 0.452. The number of hydrogen-bond donors (Lipinski definition) is 1. The smallest absolute Gasteiger partial charge is 0.314 e. The van der Waals surface area contributed by atoms with E-state index in [0.717, 1.165) is 11.4 Å². The van der Waals surface area contributed by atoms with Crippen LogP contribution in [0.5, 0.6) is 17.2 Å². The van der Waals surface area contributed by atoms with E-state index in [1.807, 2.05) is 29.6 Å². The van der Waals surface area contributed by atoms with Gasteiger partial charge < -0.3 is 19.5 Å². The number of thiazole rings is 1. The molecule has 3 rings (SSSR count).